The minimum Gasteiger partial charge on any atom is -0.353 e. The number of nitrogens with one attached hydrogen (secondary N) is 1. The molecule has 0 radical (unpaired) electrons. The highest BCUT2D eigenvalue weighted by molar-refractivity contribution is 5.82. The summed E-state index contributed by atoms with van der Waals surface area (Å²) in [5.41, 5.74) is 5.61. The zero-order valence-corrected chi connectivity index (χ0v) is 9.59. The van der Waals surface area contributed by atoms with E-state index in [2.05, 4.69) is 12.2 Å². The van der Waals surface area contributed by atoms with E-state index in [4.69, 9.17) is 5.73 Å². The van der Waals surface area contributed by atoms with Crippen molar-refractivity contribution in [3.8, 4) is 0 Å². The maximum atomic E-state index is 12.1. The second-order valence-electron chi connectivity index (χ2n) is 5.52. The molecule has 15 heavy (non-hydrogen) atoms. The molecule has 2 fully saturated rings. The summed E-state index contributed by atoms with van der Waals surface area (Å²) in [7, 11) is 0. The first-order valence-corrected chi connectivity index (χ1v) is 6.17. The summed E-state index contributed by atoms with van der Waals surface area (Å²) in [5, 5.41) is 3.14. The molecule has 1 amide bonds. The third kappa shape index (κ3) is 2.33. The van der Waals surface area contributed by atoms with E-state index in [1.807, 2.05) is 0 Å². The molecule has 3 N–H and O–H groups in total. The number of rotatable bonds is 2. The van der Waals surface area contributed by atoms with Crippen LogP contribution in [0.15, 0.2) is 0 Å². The zero-order chi connectivity index (χ0) is 10.9. The van der Waals surface area contributed by atoms with Crippen molar-refractivity contribution in [2.45, 2.75) is 64.0 Å². The Morgan fingerprint density at radius 1 is 1.27 bits per heavy atom. The molecule has 0 saturated heterocycles. The van der Waals surface area contributed by atoms with E-state index in [1.165, 1.54) is 19.3 Å². The zero-order valence-electron chi connectivity index (χ0n) is 9.59. The maximum absolute atomic E-state index is 12.1. The Kier molecular flexibility index (Phi) is 3.01. The van der Waals surface area contributed by atoms with Gasteiger partial charge in [-0.15, -0.1) is 0 Å². The lowest BCUT2D eigenvalue weighted by Gasteiger charge is -2.38. The predicted octanol–water partition coefficient (Wildman–Crippen LogP) is 1.56. The van der Waals surface area contributed by atoms with Gasteiger partial charge in [0.2, 0.25) is 5.91 Å². The summed E-state index contributed by atoms with van der Waals surface area (Å²) in [6.45, 7) is 2.11. The fraction of sp³-hybridized carbons (Fsp3) is 0.917. The van der Waals surface area contributed by atoms with E-state index in [0.717, 1.165) is 25.7 Å². The van der Waals surface area contributed by atoms with Gasteiger partial charge in [0.1, 0.15) is 0 Å². The molecule has 0 aromatic rings. The Bertz CT molecular complexity index is 240. The van der Waals surface area contributed by atoms with Crippen molar-refractivity contribution in [2.24, 2.45) is 11.1 Å². The van der Waals surface area contributed by atoms with Crippen molar-refractivity contribution in [3.05, 3.63) is 0 Å². The number of nitrogens with two attached hydrogens (primary N) is 1. The summed E-state index contributed by atoms with van der Waals surface area (Å²) in [6.07, 6.45) is 7.72. The smallest absolute Gasteiger partial charge is 0.226 e. The van der Waals surface area contributed by atoms with Crippen LogP contribution >= 0.6 is 0 Å². The van der Waals surface area contributed by atoms with Gasteiger partial charge in [0.05, 0.1) is 0 Å². The van der Waals surface area contributed by atoms with Crippen LogP contribution in [-0.2, 0) is 4.79 Å². The first-order chi connectivity index (χ1) is 7.10. The van der Waals surface area contributed by atoms with Crippen LogP contribution in [0, 0.1) is 5.41 Å². The standard InChI is InChI=1S/C12H22N2O/c1-12(5-3-2-4-6-12)11(15)14-10-7-9(13)8-10/h9-10H,2-8,13H2,1H3,(H,14,15). The van der Waals surface area contributed by atoms with Crippen LogP contribution in [-0.4, -0.2) is 18.0 Å². The second-order valence-corrected chi connectivity index (χ2v) is 5.52. The summed E-state index contributed by atoms with van der Waals surface area (Å²) in [6, 6.07) is 0.667. The Morgan fingerprint density at radius 3 is 2.40 bits per heavy atom. The molecule has 0 bridgehead atoms. The molecule has 2 aliphatic rings. The molecule has 0 aliphatic heterocycles. The van der Waals surface area contributed by atoms with Gasteiger partial charge in [0, 0.05) is 17.5 Å². The molecule has 0 aromatic heterocycles. The van der Waals surface area contributed by atoms with E-state index in [0.29, 0.717) is 12.1 Å². The van der Waals surface area contributed by atoms with Crippen LogP contribution in [0.2, 0.25) is 0 Å². The van der Waals surface area contributed by atoms with Crippen molar-refractivity contribution in [1.82, 2.24) is 5.32 Å². The number of hydrogen-bond acceptors (Lipinski definition) is 2. The van der Waals surface area contributed by atoms with Gasteiger partial charge in [0.15, 0.2) is 0 Å². The molecule has 2 saturated carbocycles. The van der Waals surface area contributed by atoms with Crippen LogP contribution in [0.25, 0.3) is 0 Å². The normalized spacial score (nSPS) is 34.3. The minimum absolute atomic E-state index is 0.0993. The van der Waals surface area contributed by atoms with Crippen LogP contribution in [0.5, 0.6) is 0 Å². The van der Waals surface area contributed by atoms with Gasteiger partial charge >= 0.3 is 0 Å². The van der Waals surface area contributed by atoms with E-state index >= 15 is 0 Å². The molecule has 0 heterocycles. The van der Waals surface area contributed by atoms with Crippen molar-refractivity contribution in [1.29, 1.82) is 0 Å². The maximum Gasteiger partial charge on any atom is 0.226 e. The van der Waals surface area contributed by atoms with Gasteiger partial charge in [-0.3, -0.25) is 4.79 Å². The van der Waals surface area contributed by atoms with Crippen LogP contribution in [0.1, 0.15) is 51.9 Å². The molecule has 86 valence electrons. The van der Waals surface area contributed by atoms with Crippen LogP contribution in [0.3, 0.4) is 0 Å². The molecule has 2 aliphatic carbocycles. The first-order valence-electron chi connectivity index (χ1n) is 6.17. The highest BCUT2D eigenvalue weighted by atomic mass is 16.2. The van der Waals surface area contributed by atoms with Crippen LogP contribution < -0.4 is 11.1 Å². The molecular formula is C12H22N2O. The fourth-order valence-corrected chi connectivity index (χ4v) is 2.70. The van der Waals surface area contributed by atoms with E-state index in [1.54, 1.807) is 0 Å². The quantitative estimate of drug-likeness (QED) is 0.726. The third-order valence-corrected chi connectivity index (χ3v) is 4.02. The van der Waals surface area contributed by atoms with Crippen molar-refractivity contribution < 1.29 is 4.79 Å². The largest absolute Gasteiger partial charge is 0.353 e. The van der Waals surface area contributed by atoms with Gasteiger partial charge in [-0.05, 0) is 25.7 Å². The van der Waals surface area contributed by atoms with E-state index in [9.17, 15) is 4.79 Å². The van der Waals surface area contributed by atoms with Gasteiger partial charge in [0.25, 0.3) is 0 Å². The predicted molar refractivity (Wildman–Crippen MR) is 60.3 cm³/mol. The Hall–Kier alpha value is -0.570. The van der Waals surface area contributed by atoms with Gasteiger partial charge < -0.3 is 11.1 Å². The third-order valence-electron chi connectivity index (χ3n) is 4.02. The SMILES string of the molecule is CC1(C(=O)NC2CC(N)C2)CCCCC1. The average Bonchev–Trinajstić information content (AvgIpc) is 2.16. The highest BCUT2D eigenvalue weighted by Gasteiger charge is 2.37. The summed E-state index contributed by atoms with van der Waals surface area (Å²) in [5.74, 6) is 0.263. The van der Waals surface area contributed by atoms with Crippen molar-refractivity contribution in [3.63, 3.8) is 0 Å². The van der Waals surface area contributed by atoms with Crippen molar-refractivity contribution >= 4 is 5.91 Å². The molecule has 0 aromatic carbocycles. The number of hydrogen-bond donors (Lipinski definition) is 2. The lowest BCUT2D eigenvalue weighted by Crippen LogP contribution is -2.53. The van der Waals surface area contributed by atoms with Crippen LogP contribution in [0.4, 0.5) is 0 Å². The topological polar surface area (TPSA) is 55.1 Å². The minimum atomic E-state index is -0.0993. The number of amides is 1. The molecule has 3 nitrogen and oxygen atoms in total. The summed E-state index contributed by atoms with van der Waals surface area (Å²) in [4.78, 5) is 12.1. The van der Waals surface area contributed by atoms with Gasteiger partial charge in [-0.2, -0.15) is 0 Å². The Labute approximate surface area is 91.8 Å². The van der Waals surface area contributed by atoms with Gasteiger partial charge in [-0.25, -0.2) is 0 Å². The lowest BCUT2D eigenvalue weighted by molar-refractivity contribution is -0.133. The molecule has 0 spiro atoms. The monoisotopic (exact) mass is 210 g/mol. The van der Waals surface area contributed by atoms with E-state index in [-0.39, 0.29) is 11.3 Å². The molecule has 0 atom stereocenters. The first kappa shape index (κ1) is 10.9. The number of carbonyl (C=O) groups is 1. The number of carbonyl (C=O) groups excluding carboxylic acids is 1. The highest BCUT2D eigenvalue weighted by Crippen LogP contribution is 2.36. The summed E-state index contributed by atoms with van der Waals surface area (Å²) < 4.78 is 0. The van der Waals surface area contributed by atoms with E-state index < -0.39 is 0 Å². The molecule has 2 rings (SSSR count). The average molecular weight is 210 g/mol. The Morgan fingerprint density at radius 2 is 1.87 bits per heavy atom. The summed E-state index contributed by atoms with van der Waals surface area (Å²) >= 11 is 0. The fourth-order valence-electron chi connectivity index (χ4n) is 2.70. The molecular weight excluding hydrogens is 188 g/mol. The van der Waals surface area contributed by atoms with Gasteiger partial charge in [-0.1, -0.05) is 26.2 Å². The lowest BCUT2D eigenvalue weighted by atomic mass is 9.74. The van der Waals surface area contributed by atoms with Crippen molar-refractivity contribution in [2.75, 3.05) is 0 Å². The second kappa shape index (κ2) is 4.12. The Balaban J connectivity index is 1.83. The molecule has 3 heteroatoms. The molecule has 0 unspecified atom stereocenters.